The van der Waals surface area contributed by atoms with E-state index in [0.717, 1.165) is 57.8 Å². The van der Waals surface area contributed by atoms with E-state index in [1.807, 2.05) is 0 Å². The number of aliphatic hydroxyl groups excluding tert-OH is 2. The van der Waals surface area contributed by atoms with Gasteiger partial charge in [-0.3, -0.25) is 9.59 Å². The number of carbonyl (C=O) groups excluding carboxylic acids is 6. The first-order chi connectivity index (χ1) is 40.4. The van der Waals surface area contributed by atoms with Crippen molar-refractivity contribution < 1.29 is 86.7 Å². The minimum Gasteiger partial charge on any atom is -0.463 e. The number of unbranched alkanes of at least 4 members (excludes halogenated alkanes) is 8. The summed E-state index contributed by atoms with van der Waals surface area (Å²) >= 11 is 0. The lowest BCUT2D eigenvalue weighted by Gasteiger charge is -2.65. The summed E-state index contributed by atoms with van der Waals surface area (Å²) in [4.78, 5) is 84.9. The van der Waals surface area contributed by atoms with Crippen molar-refractivity contribution in [2.45, 2.75) is 225 Å². The van der Waals surface area contributed by atoms with Crippen LogP contribution in [0.2, 0.25) is 0 Å². The second-order valence-electron chi connectivity index (χ2n) is 25.1. The molecule has 2 aromatic rings. The van der Waals surface area contributed by atoms with Gasteiger partial charge < -0.3 is 63.3 Å². The highest BCUT2D eigenvalue weighted by Crippen LogP contribution is 2.63. The molecule has 3 aliphatic carbocycles. The minimum absolute atomic E-state index is 0.0728. The second kappa shape index (κ2) is 29.6. The van der Waals surface area contributed by atoms with E-state index in [1.54, 1.807) is 83.1 Å². The van der Waals surface area contributed by atoms with E-state index in [1.165, 1.54) is 45.7 Å². The molecular weight excluding hydrogens is 1090 g/mol. The molecule has 4 N–H and O–H groups in total. The number of ether oxygens (including phenoxy) is 9. The average molecular weight is 1190 g/mol. The van der Waals surface area contributed by atoms with Crippen molar-refractivity contribution >= 4 is 35.9 Å². The predicted molar refractivity (Wildman–Crippen MR) is 312 cm³/mol. The fourth-order valence-electron chi connectivity index (χ4n) is 13.0. The standard InChI is InChI=1S/C66H91NO18/c1-10-11-12-13-14-15-16-17-18-19-20-21-22-23-30-35-50-78-38-45(80-50)39-79-62(75)83-56(54(43-31-26-24-27-32-43)67-61(74)85-63(4,5)6)60(73)82-47-37-66(76)58(84-59(72)44-33-28-25-29-34-44)53-51-46(81-48(51)40-77-42(3)68)36-49(69)65(53,9)57(71)55(70)52(41(47)2)64(66,7)8/h13-14,16-17,24-29,31-34,45-51,53-56,58,69-70,76H,10-12,15,18-23,30,35-40H2,1-9H3,(H,67,74)/b14-13-,17-16-/t45?,46-,47+,48?,49+,50?,51+,53+,54+,55-,56-,58+,65-,66-/m1/s1. The van der Waals surface area contributed by atoms with E-state index in [4.69, 9.17) is 42.6 Å². The molecule has 19 nitrogen and oxygen atoms in total. The second-order valence-corrected chi connectivity index (χ2v) is 25.1. The molecule has 0 radical (unpaired) electrons. The Kier molecular flexibility index (Phi) is 23.2. The zero-order valence-corrected chi connectivity index (χ0v) is 51.0. The normalized spacial score (nSPS) is 29.5. The average Bonchev–Trinajstić information content (AvgIpc) is 0.913. The van der Waals surface area contributed by atoms with Gasteiger partial charge in [-0.1, -0.05) is 132 Å². The first-order valence-corrected chi connectivity index (χ1v) is 30.4. The summed E-state index contributed by atoms with van der Waals surface area (Å²) < 4.78 is 53.5. The van der Waals surface area contributed by atoms with Gasteiger partial charge >= 0.3 is 30.2 Å². The molecule has 14 atom stereocenters. The Morgan fingerprint density at radius 2 is 1.47 bits per heavy atom. The van der Waals surface area contributed by atoms with E-state index in [-0.39, 0.29) is 48.5 Å². The molecule has 2 aromatic carbocycles. The quantitative estimate of drug-likeness (QED) is 0.0295. The van der Waals surface area contributed by atoms with E-state index in [0.29, 0.717) is 6.42 Å². The summed E-state index contributed by atoms with van der Waals surface area (Å²) in [5.41, 5.74) is -6.53. The van der Waals surface area contributed by atoms with Gasteiger partial charge in [-0.2, -0.15) is 0 Å². The van der Waals surface area contributed by atoms with Crippen LogP contribution in [0, 0.1) is 22.7 Å². The Labute approximate surface area is 500 Å². The van der Waals surface area contributed by atoms with Crippen LogP contribution in [0.15, 0.2) is 96.1 Å². The summed E-state index contributed by atoms with van der Waals surface area (Å²) in [6.07, 6.45) is 7.16. The van der Waals surface area contributed by atoms with Crippen LogP contribution in [-0.2, 0) is 57.0 Å². The molecular formula is C66H91NO18. The number of alkyl carbamates (subject to hydrolysis) is 1. The third-order valence-corrected chi connectivity index (χ3v) is 17.6. The summed E-state index contributed by atoms with van der Waals surface area (Å²) in [5.74, 6) is -5.74. The zero-order valence-electron chi connectivity index (χ0n) is 51.0. The number of hydrogen-bond donors (Lipinski definition) is 4. The monoisotopic (exact) mass is 1190 g/mol. The highest BCUT2D eigenvalue weighted by Gasteiger charge is 2.73. The van der Waals surface area contributed by atoms with Crippen molar-refractivity contribution in [2.75, 3.05) is 19.8 Å². The number of rotatable bonds is 26. The maximum Gasteiger partial charge on any atom is 0.509 e. The number of hydrogen-bond acceptors (Lipinski definition) is 18. The lowest BCUT2D eigenvalue weighted by atomic mass is 9.45. The molecule has 2 heterocycles. The Morgan fingerprint density at radius 1 is 0.824 bits per heavy atom. The highest BCUT2D eigenvalue weighted by molar-refractivity contribution is 5.94. The molecule has 2 bridgehead atoms. The van der Waals surface area contributed by atoms with Gasteiger partial charge in [0.05, 0.1) is 35.9 Å². The summed E-state index contributed by atoms with van der Waals surface area (Å²) in [6.45, 7) is 14.0. The fourth-order valence-corrected chi connectivity index (χ4v) is 13.0. The molecule has 2 aliphatic heterocycles. The Morgan fingerprint density at radius 3 is 2.13 bits per heavy atom. The third kappa shape index (κ3) is 16.2. The van der Waals surface area contributed by atoms with Gasteiger partial charge in [-0.25, -0.2) is 19.2 Å². The topological polar surface area (TPSA) is 258 Å². The van der Waals surface area contributed by atoms with Gasteiger partial charge in [0.1, 0.15) is 54.9 Å². The molecule has 7 rings (SSSR count). The van der Waals surface area contributed by atoms with Crippen LogP contribution in [0.25, 0.3) is 0 Å². The van der Waals surface area contributed by atoms with Crippen LogP contribution in [0.3, 0.4) is 0 Å². The molecule has 468 valence electrons. The highest BCUT2D eigenvalue weighted by atomic mass is 16.8. The van der Waals surface area contributed by atoms with Gasteiger partial charge in [0.2, 0.25) is 6.10 Å². The summed E-state index contributed by atoms with van der Waals surface area (Å²) in [6, 6.07) is 14.6. The van der Waals surface area contributed by atoms with Crippen LogP contribution >= 0.6 is 0 Å². The van der Waals surface area contributed by atoms with Crippen molar-refractivity contribution in [3.8, 4) is 0 Å². The van der Waals surface area contributed by atoms with Gasteiger partial charge in [-0.15, -0.1) is 0 Å². The Balaban J connectivity index is 1.12. The number of Topliss-reactive ketones (excluding diaryl/α,β-unsaturated/α-hetero) is 1. The minimum atomic E-state index is -2.36. The smallest absolute Gasteiger partial charge is 0.463 e. The molecule has 5 aliphatic rings. The van der Waals surface area contributed by atoms with Crippen LogP contribution in [0.1, 0.15) is 174 Å². The molecule has 0 spiro atoms. The van der Waals surface area contributed by atoms with Gasteiger partial charge in [0.25, 0.3) is 0 Å². The lowest BCUT2D eigenvalue weighted by molar-refractivity contribution is -0.307. The van der Waals surface area contributed by atoms with Crippen molar-refractivity contribution in [3.05, 3.63) is 107 Å². The first-order valence-electron chi connectivity index (χ1n) is 30.4. The number of fused-ring (bicyclic) bond motifs is 5. The summed E-state index contributed by atoms with van der Waals surface area (Å²) in [7, 11) is 0. The molecule has 85 heavy (non-hydrogen) atoms. The van der Waals surface area contributed by atoms with Crippen LogP contribution < -0.4 is 5.32 Å². The zero-order chi connectivity index (χ0) is 61.7. The number of amides is 1. The van der Waals surface area contributed by atoms with Gasteiger partial charge in [0.15, 0.2) is 12.1 Å². The first kappa shape index (κ1) is 66.6. The molecule has 0 aromatic heterocycles. The molecule has 3 unspecified atom stereocenters. The molecule has 19 heteroatoms. The fraction of sp³-hybridized carbons (Fsp3) is 0.636. The van der Waals surface area contributed by atoms with Gasteiger partial charge in [-0.05, 0) is 102 Å². The van der Waals surface area contributed by atoms with E-state index < -0.39 is 137 Å². The number of ketones is 1. The lowest BCUT2D eigenvalue weighted by Crippen LogP contribution is -2.76. The molecule has 4 fully saturated rings. The van der Waals surface area contributed by atoms with Crippen LogP contribution in [-0.4, -0.2) is 137 Å². The van der Waals surface area contributed by atoms with E-state index in [2.05, 4.69) is 36.5 Å². The number of nitrogens with one attached hydrogen (secondary N) is 1. The number of allylic oxidation sites excluding steroid dienone is 4. The number of benzene rings is 2. The maximum absolute atomic E-state index is 15.3. The SMILES string of the molecule is CCCC/C=C\C/C=C\CCCCCCCCC1OCC(COC(=O)O[C@@H](C(=O)O[C@H]2C[C@@]3(O)[C@@H](OC(=O)c4ccccc4)[C@@H]4[C@@H]5C(COC(C)=O)O[C@@H]5C[C@H](O)[C@@]4(C)C(=O)[C@H](O)C(=C2C)C3(C)C)[C@@H](NC(=O)OC(C)(C)C)c2ccccc2)O1. The Hall–Kier alpha value is -5.96. The van der Waals surface area contributed by atoms with E-state index in [9.17, 15) is 34.5 Å². The molecule has 2 saturated heterocycles. The molecule has 1 amide bonds. The molecule has 2 saturated carbocycles. The van der Waals surface area contributed by atoms with Crippen LogP contribution in [0.4, 0.5) is 9.59 Å². The summed E-state index contributed by atoms with van der Waals surface area (Å²) in [5, 5.41) is 41.2. The number of esters is 3. The third-order valence-electron chi connectivity index (χ3n) is 17.6. The van der Waals surface area contributed by atoms with Crippen molar-refractivity contribution in [1.82, 2.24) is 5.32 Å². The Bertz CT molecular complexity index is 2680. The van der Waals surface area contributed by atoms with Crippen molar-refractivity contribution in [3.63, 3.8) is 0 Å². The van der Waals surface area contributed by atoms with Crippen molar-refractivity contribution in [1.29, 1.82) is 0 Å². The largest absolute Gasteiger partial charge is 0.509 e. The predicted octanol–water partition coefficient (Wildman–Crippen LogP) is 10.2. The van der Waals surface area contributed by atoms with Crippen LogP contribution in [0.5, 0.6) is 0 Å². The van der Waals surface area contributed by atoms with Gasteiger partial charge in [0, 0.05) is 37.0 Å². The van der Waals surface area contributed by atoms with E-state index >= 15 is 9.59 Å². The number of aliphatic hydroxyl groups is 3. The number of carbonyl (C=O) groups is 6. The maximum atomic E-state index is 15.3. The van der Waals surface area contributed by atoms with Crippen molar-refractivity contribution in [2.24, 2.45) is 22.7 Å².